The largest absolute Gasteiger partial charge is 0.465 e. The van der Waals surface area contributed by atoms with Crippen molar-refractivity contribution < 1.29 is 14.3 Å². The highest BCUT2D eigenvalue weighted by molar-refractivity contribution is 6.34. The number of halogens is 1. The Bertz CT molecular complexity index is 780. The fourth-order valence-electron chi connectivity index (χ4n) is 2.33. The van der Waals surface area contributed by atoms with Crippen LogP contribution in [0.3, 0.4) is 0 Å². The van der Waals surface area contributed by atoms with Crippen molar-refractivity contribution in [3.05, 3.63) is 52.8 Å². The summed E-state index contributed by atoms with van der Waals surface area (Å²) in [4.78, 5) is 28.2. The Labute approximate surface area is 157 Å². The molecule has 0 aliphatic carbocycles. The number of nitrogens with zero attached hydrogens (tertiary/aromatic N) is 1. The Morgan fingerprint density at radius 1 is 1.15 bits per heavy atom. The Morgan fingerprint density at radius 2 is 1.96 bits per heavy atom. The van der Waals surface area contributed by atoms with Gasteiger partial charge < -0.3 is 15.4 Å². The summed E-state index contributed by atoms with van der Waals surface area (Å²) in [6.07, 6.45) is 6.50. The highest BCUT2D eigenvalue weighted by Crippen LogP contribution is 2.24. The topological polar surface area (TPSA) is 80.3 Å². The second-order valence-corrected chi connectivity index (χ2v) is 6.14. The molecule has 0 saturated heterocycles. The van der Waals surface area contributed by atoms with Crippen molar-refractivity contribution in [2.45, 2.75) is 26.2 Å². The molecule has 0 unspecified atom stereocenters. The normalized spacial score (nSPS) is 10.3. The highest BCUT2D eigenvalue weighted by atomic mass is 35.5. The summed E-state index contributed by atoms with van der Waals surface area (Å²) in [5.41, 5.74) is 1.81. The number of carbonyl (C=O) groups excluding carboxylic acids is 2. The Kier molecular flexibility index (Phi) is 7.41. The summed E-state index contributed by atoms with van der Waals surface area (Å²) in [7, 11) is 1.29. The first-order valence-corrected chi connectivity index (χ1v) is 8.81. The number of anilines is 2. The number of esters is 1. The van der Waals surface area contributed by atoms with Crippen LogP contribution in [-0.4, -0.2) is 30.5 Å². The molecule has 1 aromatic carbocycles. The number of amides is 1. The van der Waals surface area contributed by atoms with Gasteiger partial charge in [-0.05, 0) is 30.7 Å². The van der Waals surface area contributed by atoms with Crippen molar-refractivity contribution in [1.82, 2.24) is 4.98 Å². The number of hydrogen-bond donors (Lipinski definition) is 2. The summed E-state index contributed by atoms with van der Waals surface area (Å²) in [5.74, 6) is -0.865. The molecule has 0 aliphatic rings. The molecule has 6 nitrogen and oxygen atoms in total. The van der Waals surface area contributed by atoms with E-state index in [0.29, 0.717) is 21.8 Å². The minimum absolute atomic E-state index is 0.302. The lowest BCUT2D eigenvalue weighted by Gasteiger charge is -2.10. The molecule has 138 valence electrons. The minimum Gasteiger partial charge on any atom is -0.465 e. The second-order valence-electron chi connectivity index (χ2n) is 5.74. The van der Waals surface area contributed by atoms with Gasteiger partial charge >= 0.3 is 5.97 Å². The van der Waals surface area contributed by atoms with Gasteiger partial charge in [-0.3, -0.25) is 9.78 Å². The van der Waals surface area contributed by atoms with E-state index in [-0.39, 0.29) is 5.91 Å². The van der Waals surface area contributed by atoms with E-state index in [0.717, 1.165) is 31.5 Å². The van der Waals surface area contributed by atoms with Crippen LogP contribution in [0.5, 0.6) is 0 Å². The second kappa shape index (κ2) is 9.77. The summed E-state index contributed by atoms with van der Waals surface area (Å²) in [6.45, 7) is 2.97. The van der Waals surface area contributed by atoms with E-state index in [1.807, 2.05) is 0 Å². The van der Waals surface area contributed by atoms with Crippen molar-refractivity contribution in [1.29, 1.82) is 0 Å². The van der Waals surface area contributed by atoms with Crippen molar-refractivity contribution in [2.24, 2.45) is 0 Å². The van der Waals surface area contributed by atoms with E-state index in [1.165, 1.54) is 31.5 Å². The average molecular weight is 376 g/mol. The van der Waals surface area contributed by atoms with Crippen molar-refractivity contribution >= 4 is 34.9 Å². The molecule has 0 atom stereocenters. The lowest BCUT2D eigenvalue weighted by Crippen LogP contribution is -2.14. The van der Waals surface area contributed by atoms with Crippen LogP contribution in [-0.2, 0) is 4.74 Å². The van der Waals surface area contributed by atoms with Crippen LogP contribution in [0, 0.1) is 0 Å². The molecule has 2 N–H and O–H groups in total. The molecule has 2 aromatic rings. The molecule has 2 rings (SSSR count). The summed E-state index contributed by atoms with van der Waals surface area (Å²) >= 11 is 6.11. The smallest absolute Gasteiger partial charge is 0.337 e. The minimum atomic E-state index is -0.503. The van der Waals surface area contributed by atoms with Crippen LogP contribution in [0.4, 0.5) is 11.4 Å². The lowest BCUT2D eigenvalue weighted by atomic mass is 10.2. The van der Waals surface area contributed by atoms with E-state index in [9.17, 15) is 9.59 Å². The van der Waals surface area contributed by atoms with Gasteiger partial charge in [-0.15, -0.1) is 0 Å². The van der Waals surface area contributed by atoms with E-state index < -0.39 is 5.97 Å². The predicted molar refractivity (Wildman–Crippen MR) is 103 cm³/mol. The number of carbonyl (C=O) groups is 2. The van der Waals surface area contributed by atoms with Crippen LogP contribution in [0.25, 0.3) is 0 Å². The molecule has 0 saturated carbocycles. The summed E-state index contributed by atoms with van der Waals surface area (Å²) in [6, 6.07) is 6.28. The Balaban J connectivity index is 2.09. The molecule has 1 aromatic heterocycles. The van der Waals surface area contributed by atoms with Gasteiger partial charge in [0, 0.05) is 18.9 Å². The van der Waals surface area contributed by atoms with Gasteiger partial charge in [0.1, 0.15) is 0 Å². The van der Waals surface area contributed by atoms with Gasteiger partial charge in [-0.2, -0.15) is 0 Å². The zero-order valence-corrected chi connectivity index (χ0v) is 15.6. The number of ether oxygens (including phenoxy) is 1. The van der Waals surface area contributed by atoms with Crippen LogP contribution in [0.1, 0.15) is 46.9 Å². The zero-order chi connectivity index (χ0) is 18.9. The van der Waals surface area contributed by atoms with Gasteiger partial charge in [0.15, 0.2) is 0 Å². The molecule has 1 heterocycles. The SMILES string of the molecule is CCCCCNc1cncc(C(=O)Nc2cc(C(=O)OC)ccc2Cl)c1. The standard InChI is InChI=1S/C19H22ClN3O3/c1-3-4-5-8-22-15-9-14(11-21-12-15)18(24)23-17-10-13(19(25)26-2)6-7-16(17)20/h6-7,9-12,22H,3-5,8H2,1-2H3,(H,23,24). The van der Waals surface area contributed by atoms with Crippen LogP contribution < -0.4 is 10.6 Å². The van der Waals surface area contributed by atoms with Gasteiger partial charge in [0.2, 0.25) is 0 Å². The number of aromatic nitrogens is 1. The van der Waals surface area contributed by atoms with Crippen LogP contribution in [0.2, 0.25) is 5.02 Å². The van der Waals surface area contributed by atoms with Crippen molar-refractivity contribution in [2.75, 3.05) is 24.3 Å². The molecular formula is C19H22ClN3O3. The molecule has 26 heavy (non-hydrogen) atoms. The Morgan fingerprint density at radius 3 is 2.69 bits per heavy atom. The highest BCUT2D eigenvalue weighted by Gasteiger charge is 2.13. The maximum Gasteiger partial charge on any atom is 0.337 e. The van der Waals surface area contributed by atoms with Crippen LogP contribution in [0.15, 0.2) is 36.7 Å². The van der Waals surface area contributed by atoms with E-state index in [2.05, 4.69) is 27.3 Å². The maximum absolute atomic E-state index is 12.5. The predicted octanol–water partition coefficient (Wildman–Crippen LogP) is 4.38. The fraction of sp³-hybridized carbons (Fsp3) is 0.316. The Hall–Kier alpha value is -2.60. The molecule has 0 aliphatic heterocycles. The molecule has 7 heteroatoms. The number of methoxy groups -OCH3 is 1. The first kappa shape index (κ1) is 19.7. The number of unbranched alkanes of at least 4 members (excludes halogenated alkanes) is 2. The van der Waals surface area contributed by atoms with Crippen LogP contribution >= 0.6 is 11.6 Å². The third-order valence-corrected chi connectivity index (χ3v) is 4.08. The maximum atomic E-state index is 12.5. The van der Waals surface area contributed by atoms with Crippen molar-refractivity contribution in [3.63, 3.8) is 0 Å². The first-order chi connectivity index (χ1) is 12.5. The van der Waals surface area contributed by atoms with E-state index >= 15 is 0 Å². The van der Waals surface area contributed by atoms with E-state index in [1.54, 1.807) is 12.3 Å². The number of rotatable bonds is 8. The third kappa shape index (κ3) is 5.46. The lowest BCUT2D eigenvalue weighted by molar-refractivity contribution is 0.0600. The number of hydrogen-bond acceptors (Lipinski definition) is 5. The van der Waals surface area contributed by atoms with Gasteiger partial charge in [-0.25, -0.2) is 4.79 Å². The molecule has 1 amide bonds. The molecule has 0 fully saturated rings. The van der Waals surface area contributed by atoms with Gasteiger partial charge in [0.05, 0.1) is 34.6 Å². The molecule has 0 bridgehead atoms. The fourth-order valence-corrected chi connectivity index (χ4v) is 2.49. The van der Waals surface area contributed by atoms with Gasteiger partial charge in [0.25, 0.3) is 5.91 Å². The molecule has 0 spiro atoms. The first-order valence-electron chi connectivity index (χ1n) is 8.43. The molecular weight excluding hydrogens is 354 g/mol. The number of pyridine rings is 1. The summed E-state index contributed by atoms with van der Waals surface area (Å²) < 4.78 is 4.68. The van der Waals surface area contributed by atoms with E-state index in [4.69, 9.17) is 11.6 Å². The van der Waals surface area contributed by atoms with Gasteiger partial charge in [-0.1, -0.05) is 31.4 Å². The monoisotopic (exact) mass is 375 g/mol. The number of benzene rings is 1. The molecule has 0 radical (unpaired) electrons. The summed E-state index contributed by atoms with van der Waals surface area (Å²) in [5, 5.41) is 6.28. The quantitative estimate of drug-likeness (QED) is 0.528. The number of nitrogens with one attached hydrogen (secondary N) is 2. The zero-order valence-electron chi connectivity index (χ0n) is 14.8. The average Bonchev–Trinajstić information content (AvgIpc) is 2.66. The van der Waals surface area contributed by atoms with Crippen molar-refractivity contribution in [3.8, 4) is 0 Å². The third-order valence-electron chi connectivity index (χ3n) is 3.75.